The lowest BCUT2D eigenvalue weighted by atomic mass is 9.97. The number of benzene rings is 1. The zero-order valence-corrected chi connectivity index (χ0v) is 17.3. The molecule has 0 unspecified atom stereocenters. The SMILES string of the molecule is C[C@H](Sc1nnc(-c2ccc(Cl)cc2)n1C)C(=O)NCCC1=CCCCC1. The first kappa shape index (κ1) is 20.0. The minimum Gasteiger partial charge on any atom is -0.355 e. The molecular formula is C20H25ClN4OS. The van der Waals surface area contributed by atoms with Crippen molar-refractivity contribution in [3.05, 3.63) is 40.9 Å². The van der Waals surface area contributed by atoms with Crippen molar-refractivity contribution in [2.24, 2.45) is 7.05 Å². The predicted octanol–water partition coefficient (Wildman–Crippen LogP) is 4.62. The summed E-state index contributed by atoms with van der Waals surface area (Å²) in [6, 6.07) is 7.49. The Morgan fingerprint density at radius 1 is 1.30 bits per heavy atom. The van der Waals surface area contributed by atoms with E-state index < -0.39 is 0 Å². The average molecular weight is 405 g/mol. The molecule has 1 aromatic heterocycles. The number of carbonyl (C=O) groups excluding carboxylic acids is 1. The fraction of sp³-hybridized carbons (Fsp3) is 0.450. The third-order valence-corrected chi connectivity index (χ3v) is 6.11. The smallest absolute Gasteiger partial charge is 0.233 e. The summed E-state index contributed by atoms with van der Waals surface area (Å²) >= 11 is 7.36. The maximum absolute atomic E-state index is 12.4. The number of nitrogens with one attached hydrogen (secondary N) is 1. The molecular weight excluding hydrogens is 380 g/mol. The summed E-state index contributed by atoms with van der Waals surface area (Å²) in [7, 11) is 1.91. The molecule has 1 heterocycles. The van der Waals surface area contributed by atoms with Gasteiger partial charge in [0.1, 0.15) is 0 Å². The van der Waals surface area contributed by atoms with Crippen LogP contribution in [-0.4, -0.2) is 32.5 Å². The van der Waals surface area contributed by atoms with Gasteiger partial charge in [-0.3, -0.25) is 4.79 Å². The molecule has 144 valence electrons. The standard InChI is InChI=1S/C20H25ClN4OS/c1-14(19(26)22-13-12-15-6-4-3-5-7-15)27-20-24-23-18(25(20)2)16-8-10-17(21)11-9-16/h6,8-11,14H,3-5,7,12-13H2,1-2H3,(H,22,26)/t14-/m0/s1. The number of thioether (sulfide) groups is 1. The van der Waals surface area contributed by atoms with Gasteiger partial charge in [0.05, 0.1) is 5.25 Å². The summed E-state index contributed by atoms with van der Waals surface area (Å²) in [4.78, 5) is 12.4. The molecule has 0 saturated heterocycles. The second-order valence-electron chi connectivity index (χ2n) is 6.78. The van der Waals surface area contributed by atoms with Gasteiger partial charge in [-0.1, -0.05) is 35.0 Å². The molecule has 0 spiro atoms. The second kappa shape index (κ2) is 9.42. The van der Waals surface area contributed by atoms with E-state index in [1.54, 1.807) is 0 Å². The van der Waals surface area contributed by atoms with Crippen LogP contribution in [-0.2, 0) is 11.8 Å². The minimum absolute atomic E-state index is 0.0347. The summed E-state index contributed by atoms with van der Waals surface area (Å²) in [6.45, 7) is 2.60. The Hall–Kier alpha value is -1.79. The molecule has 0 aliphatic heterocycles. The molecule has 0 saturated carbocycles. The summed E-state index contributed by atoms with van der Waals surface area (Å²) in [6.07, 6.45) is 8.19. The molecule has 27 heavy (non-hydrogen) atoms. The molecule has 1 aliphatic carbocycles. The number of carbonyl (C=O) groups is 1. The molecule has 7 heteroatoms. The van der Waals surface area contributed by atoms with Crippen LogP contribution in [0.2, 0.25) is 5.02 Å². The summed E-state index contributed by atoms with van der Waals surface area (Å²) < 4.78 is 1.91. The third kappa shape index (κ3) is 5.36. The molecule has 0 fully saturated rings. The quantitative estimate of drug-likeness (QED) is 0.540. The Labute approximate surface area is 169 Å². The largest absolute Gasteiger partial charge is 0.355 e. The maximum Gasteiger partial charge on any atom is 0.233 e. The van der Waals surface area contributed by atoms with Crippen LogP contribution in [0.1, 0.15) is 39.0 Å². The van der Waals surface area contributed by atoms with Crippen LogP contribution >= 0.6 is 23.4 Å². The Morgan fingerprint density at radius 2 is 2.07 bits per heavy atom. The van der Waals surface area contributed by atoms with Crippen LogP contribution < -0.4 is 5.32 Å². The highest BCUT2D eigenvalue weighted by Crippen LogP contribution is 2.26. The number of allylic oxidation sites excluding steroid dienone is 1. The fourth-order valence-electron chi connectivity index (χ4n) is 3.10. The van der Waals surface area contributed by atoms with Gasteiger partial charge in [-0.2, -0.15) is 0 Å². The minimum atomic E-state index is -0.230. The summed E-state index contributed by atoms with van der Waals surface area (Å²) in [5, 5.41) is 12.7. The van der Waals surface area contributed by atoms with E-state index in [1.165, 1.54) is 43.0 Å². The summed E-state index contributed by atoms with van der Waals surface area (Å²) in [5.41, 5.74) is 2.42. The predicted molar refractivity (Wildman–Crippen MR) is 111 cm³/mol. The number of amides is 1. The van der Waals surface area contributed by atoms with Crippen LogP contribution in [0.4, 0.5) is 0 Å². The Kier molecular flexibility index (Phi) is 6.96. The van der Waals surface area contributed by atoms with Crippen molar-refractivity contribution in [2.75, 3.05) is 6.54 Å². The van der Waals surface area contributed by atoms with E-state index in [9.17, 15) is 4.79 Å². The third-order valence-electron chi connectivity index (χ3n) is 4.72. The zero-order chi connectivity index (χ0) is 19.2. The van der Waals surface area contributed by atoms with E-state index in [2.05, 4.69) is 21.6 Å². The van der Waals surface area contributed by atoms with Crippen LogP contribution in [0.5, 0.6) is 0 Å². The van der Waals surface area contributed by atoms with Gasteiger partial charge in [0, 0.05) is 24.2 Å². The highest BCUT2D eigenvalue weighted by Gasteiger charge is 2.19. The highest BCUT2D eigenvalue weighted by molar-refractivity contribution is 8.00. The van der Waals surface area contributed by atoms with Crippen LogP contribution in [0.3, 0.4) is 0 Å². The molecule has 1 atom stereocenters. The maximum atomic E-state index is 12.4. The first-order valence-corrected chi connectivity index (χ1v) is 10.6. The van der Waals surface area contributed by atoms with E-state index in [-0.39, 0.29) is 11.2 Å². The van der Waals surface area contributed by atoms with E-state index in [0.29, 0.717) is 11.6 Å². The molecule has 1 aliphatic rings. The highest BCUT2D eigenvalue weighted by atomic mass is 35.5. The van der Waals surface area contributed by atoms with Crippen LogP contribution in [0.25, 0.3) is 11.4 Å². The van der Waals surface area contributed by atoms with E-state index in [1.807, 2.05) is 42.8 Å². The molecule has 2 aromatic rings. The number of rotatable bonds is 7. The van der Waals surface area contributed by atoms with Crippen LogP contribution in [0, 0.1) is 0 Å². The van der Waals surface area contributed by atoms with Gasteiger partial charge in [-0.05, 0) is 63.3 Å². The lowest BCUT2D eigenvalue weighted by Crippen LogP contribution is -2.32. The summed E-state index contributed by atoms with van der Waals surface area (Å²) in [5.74, 6) is 0.790. The van der Waals surface area contributed by atoms with Crippen molar-refractivity contribution in [1.82, 2.24) is 20.1 Å². The van der Waals surface area contributed by atoms with Crippen molar-refractivity contribution in [1.29, 1.82) is 0 Å². The van der Waals surface area contributed by atoms with E-state index in [0.717, 1.165) is 23.0 Å². The first-order valence-electron chi connectivity index (χ1n) is 9.32. The number of nitrogens with zero attached hydrogens (tertiary/aromatic N) is 3. The van der Waals surface area contributed by atoms with Gasteiger partial charge in [0.2, 0.25) is 5.91 Å². The molecule has 1 aromatic carbocycles. The van der Waals surface area contributed by atoms with Crippen molar-refractivity contribution >= 4 is 29.3 Å². The van der Waals surface area contributed by atoms with Crippen LogP contribution in [0.15, 0.2) is 41.1 Å². The second-order valence-corrected chi connectivity index (χ2v) is 8.53. The first-order chi connectivity index (χ1) is 13.0. The molecule has 1 N–H and O–H groups in total. The molecule has 3 rings (SSSR count). The van der Waals surface area contributed by atoms with Gasteiger partial charge < -0.3 is 9.88 Å². The fourth-order valence-corrected chi connectivity index (χ4v) is 4.07. The normalized spacial score (nSPS) is 15.3. The van der Waals surface area contributed by atoms with Gasteiger partial charge >= 0.3 is 0 Å². The van der Waals surface area contributed by atoms with E-state index >= 15 is 0 Å². The lowest BCUT2D eigenvalue weighted by Gasteiger charge is -2.14. The van der Waals surface area contributed by atoms with E-state index in [4.69, 9.17) is 11.6 Å². The number of aromatic nitrogens is 3. The zero-order valence-electron chi connectivity index (χ0n) is 15.7. The topological polar surface area (TPSA) is 59.8 Å². The Bertz CT molecular complexity index is 816. The lowest BCUT2D eigenvalue weighted by molar-refractivity contribution is -0.120. The number of hydrogen-bond acceptors (Lipinski definition) is 4. The monoisotopic (exact) mass is 404 g/mol. The van der Waals surface area contributed by atoms with Gasteiger partial charge in [-0.15, -0.1) is 10.2 Å². The number of hydrogen-bond donors (Lipinski definition) is 1. The van der Waals surface area contributed by atoms with Gasteiger partial charge in [0.15, 0.2) is 11.0 Å². The Balaban J connectivity index is 1.54. The molecule has 5 nitrogen and oxygen atoms in total. The average Bonchev–Trinajstić information content (AvgIpc) is 3.03. The molecule has 0 bridgehead atoms. The molecule has 1 amide bonds. The van der Waals surface area contributed by atoms with Crippen molar-refractivity contribution in [2.45, 2.75) is 49.4 Å². The van der Waals surface area contributed by atoms with Gasteiger partial charge in [-0.25, -0.2) is 0 Å². The Morgan fingerprint density at radius 3 is 2.78 bits per heavy atom. The van der Waals surface area contributed by atoms with Crippen molar-refractivity contribution in [3.63, 3.8) is 0 Å². The molecule has 0 radical (unpaired) electrons. The van der Waals surface area contributed by atoms with Crippen molar-refractivity contribution < 1.29 is 4.79 Å². The number of halogens is 1. The van der Waals surface area contributed by atoms with Crippen molar-refractivity contribution in [3.8, 4) is 11.4 Å². The van der Waals surface area contributed by atoms with Gasteiger partial charge in [0.25, 0.3) is 0 Å².